The summed E-state index contributed by atoms with van der Waals surface area (Å²) < 4.78 is 0. The van der Waals surface area contributed by atoms with Crippen molar-refractivity contribution in [3.63, 3.8) is 0 Å². The van der Waals surface area contributed by atoms with Crippen molar-refractivity contribution in [1.82, 2.24) is 0 Å². The van der Waals surface area contributed by atoms with Gasteiger partial charge in [-0.2, -0.15) is 27.8 Å². The van der Waals surface area contributed by atoms with Crippen molar-refractivity contribution in [2.45, 2.75) is 69.2 Å². The first-order valence-electron chi connectivity index (χ1n) is 28.2. The van der Waals surface area contributed by atoms with E-state index in [1.54, 1.807) is 0 Å². The second-order valence-corrected chi connectivity index (χ2v) is 30.9. The molecule has 0 aromatic heterocycles. The van der Waals surface area contributed by atoms with Crippen molar-refractivity contribution in [3.05, 3.63) is 324 Å². The molecule has 0 spiro atoms. The van der Waals surface area contributed by atoms with Crippen LogP contribution in [0.5, 0.6) is 0 Å². The largest absolute Gasteiger partial charge is 6.00 e. The van der Waals surface area contributed by atoms with Crippen LogP contribution in [0.25, 0.3) is 0 Å². The average Bonchev–Trinajstić information content (AvgIpc) is 3.95. The van der Waals surface area contributed by atoms with Gasteiger partial charge in [-0.15, -0.1) is 0 Å². The monoisotopic (exact) mass is 1230 g/mol. The van der Waals surface area contributed by atoms with E-state index in [1.165, 1.54) is 135 Å². The molecule has 0 N–H and O–H groups in total. The first kappa shape index (κ1) is 69.2. The summed E-state index contributed by atoms with van der Waals surface area (Å²) in [6.07, 6.45) is 7.60. The van der Waals surface area contributed by atoms with Gasteiger partial charge in [-0.1, -0.05) is 180 Å². The minimum absolute atomic E-state index is 0. The third kappa shape index (κ3) is 20.2. The van der Waals surface area contributed by atoms with Crippen molar-refractivity contribution in [1.29, 1.82) is 0 Å². The van der Waals surface area contributed by atoms with E-state index < -0.39 is 31.7 Å². The van der Waals surface area contributed by atoms with E-state index >= 15 is 0 Å². The fourth-order valence-electron chi connectivity index (χ4n) is 10.2. The molecule has 0 bridgehead atoms. The van der Waals surface area contributed by atoms with Gasteiger partial charge in [-0.05, 0) is 97.1 Å². The Hall–Kier alpha value is -5.30. The van der Waals surface area contributed by atoms with Crippen LogP contribution >= 0.6 is 31.7 Å². The molecule has 0 saturated carbocycles. The van der Waals surface area contributed by atoms with Crippen molar-refractivity contribution in [2.24, 2.45) is 0 Å². The zero-order valence-electron chi connectivity index (χ0n) is 49.9. The molecule has 0 aliphatic carbocycles. The molecule has 0 fully saturated rings. The molecule has 0 saturated heterocycles. The van der Waals surface area contributed by atoms with Crippen LogP contribution in [0.2, 0.25) is 0 Å². The molecule has 0 aliphatic rings. The second kappa shape index (κ2) is 37.1. The van der Waals surface area contributed by atoms with Gasteiger partial charge in [0.05, 0.1) is 74.1 Å². The first-order valence-corrected chi connectivity index (χ1v) is 35.0. The van der Waals surface area contributed by atoms with Crippen LogP contribution in [0.1, 0.15) is 55.6 Å². The van der Waals surface area contributed by atoms with Gasteiger partial charge in [-0.25, -0.2) is 34.6 Å². The van der Waals surface area contributed by atoms with Gasteiger partial charge < -0.3 is 53.1 Å². The van der Waals surface area contributed by atoms with Crippen molar-refractivity contribution >= 4 is 74.1 Å². The fraction of sp³-hybridized carbons (Fsp3) is 0.184. The molecule has 0 aliphatic heterocycles. The Balaban J connectivity index is 0.000000249. The molecule has 10 rings (SSSR count). The summed E-state index contributed by atoms with van der Waals surface area (Å²) >= 11 is 0. The Kier molecular flexibility index (Phi) is 31.3. The predicted octanol–water partition coefficient (Wildman–Crippen LogP) is 16.3. The van der Waals surface area contributed by atoms with Crippen LogP contribution in [0.15, 0.2) is 255 Å². The Morgan fingerprint density at radius 3 is 0.500 bits per heavy atom. The summed E-state index contributed by atoms with van der Waals surface area (Å²) in [4.78, 5) is 0. The topological polar surface area (TPSA) is 0 Å². The number of rotatable bonds is 15. The fourth-order valence-corrected chi connectivity index (χ4v) is 22.6. The zero-order valence-corrected chi connectivity index (χ0v) is 56.1. The van der Waals surface area contributed by atoms with Crippen molar-refractivity contribution < 1.29 is 34.1 Å². The number of benzene rings is 8. The van der Waals surface area contributed by atoms with Gasteiger partial charge in [0.25, 0.3) is 0 Å². The predicted molar refractivity (Wildman–Crippen MR) is 371 cm³/mol. The third-order valence-corrected chi connectivity index (χ3v) is 28.2. The van der Waals surface area contributed by atoms with E-state index in [4.69, 9.17) is 13.2 Å². The van der Waals surface area contributed by atoms with Gasteiger partial charge in [0.15, 0.2) is 0 Å². The maximum atomic E-state index is 4.72. The van der Waals surface area contributed by atoms with Crippen LogP contribution in [-0.2, 0) is 34.1 Å². The molecule has 0 unspecified atom stereocenters. The van der Waals surface area contributed by atoms with Gasteiger partial charge in [-0.3, -0.25) is 0 Å². The molecule has 0 heterocycles. The Labute approximate surface area is 521 Å². The van der Waals surface area contributed by atoms with Crippen molar-refractivity contribution in [2.75, 3.05) is 24.6 Å². The SMILES string of the molecule is C[c-]1[c-](C)[c-](C)[c-](C)[c-]1C.Cc1c(C)c(C)[c-](C)c1C.[CH-]=CC=[CH-].[Fe+6].[Fe+6].c1ccc([PH+](CC[PH+](c2ccccc2)c2ccccc2)c2ccccc2)cc1.c1ccc([PH+](CC[PH+](c2ccccc2)c2ccccc2)c2ccccc2)cc1. The molecule has 0 nitrogen and oxygen atoms in total. The van der Waals surface area contributed by atoms with E-state index in [9.17, 15) is 0 Å². The molecular weight excluding hydrogens is 1150 g/mol. The van der Waals surface area contributed by atoms with Gasteiger partial charge in [0.2, 0.25) is 0 Å². The third-order valence-electron chi connectivity index (χ3n) is 16.0. The minimum atomic E-state index is -0.783. The maximum absolute atomic E-state index is 4.72. The molecular formula is C76H86Fe2P4+8. The minimum Gasteiger partial charge on any atom is -0.731 e. The Morgan fingerprint density at radius 1 is 0.268 bits per heavy atom. The van der Waals surface area contributed by atoms with Gasteiger partial charge in [0.1, 0.15) is 24.6 Å². The zero-order chi connectivity index (χ0) is 57.2. The second-order valence-electron chi connectivity index (χ2n) is 20.5. The summed E-state index contributed by atoms with van der Waals surface area (Å²) in [5.41, 5.74) is 14.7. The molecule has 6 heteroatoms. The number of hydrogen-bond donors (Lipinski definition) is 0. The van der Waals surface area contributed by atoms with Crippen LogP contribution in [0.3, 0.4) is 0 Å². The van der Waals surface area contributed by atoms with E-state index in [2.05, 4.69) is 312 Å². The Morgan fingerprint density at radius 2 is 0.402 bits per heavy atom. The summed E-state index contributed by atoms with van der Waals surface area (Å²) in [5, 5.41) is 12.1. The first-order chi connectivity index (χ1) is 38.9. The maximum Gasteiger partial charge on any atom is 6.00 e. The van der Waals surface area contributed by atoms with E-state index in [1.807, 2.05) is 0 Å². The van der Waals surface area contributed by atoms with Crippen LogP contribution in [-0.4, -0.2) is 24.6 Å². The molecule has 0 amide bonds. The Bertz CT molecular complexity index is 2630. The van der Waals surface area contributed by atoms with Crippen LogP contribution < -0.4 is 42.4 Å². The van der Waals surface area contributed by atoms with Crippen LogP contribution in [0, 0.1) is 82.4 Å². The molecule has 82 heavy (non-hydrogen) atoms. The standard InChI is InChI=1S/2C26H24P2.2C10H15.C4H4.2Fe/c2*1-5-13-23(14-6-1)27(24-15-7-2-8-16-24)21-22-28(25-17-9-3-10-18-25)26-19-11-4-12-20-26;2*1-6-7(2)9(4)10(5)8(6)3;1-3-4-2;;/h2*1-20H,21-22H2;2*1-5H3;1-4H;;/q;;-5;-1;-2;2*+6/p+4. The quantitative estimate of drug-likeness (QED) is 0.0415. The average molecular weight is 1240 g/mol. The summed E-state index contributed by atoms with van der Waals surface area (Å²) in [6, 6.07) is 89.0. The van der Waals surface area contributed by atoms with E-state index in [0.29, 0.717) is 0 Å². The number of hydrogen-bond acceptors (Lipinski definition) is 0. The smallest absolute Gasteiger partial charge is 0.731 e. The summed E-state index contributed by atoms with van der Waals surface area (Å²) in [7, 11) is -3.13. The molecule has 0 radical (unpaired) electrons. The van der Waals surface area contributed by atoms with Crippen molar-refractivity contribution in [3.8, 4) is 0 Å². The molecule has 0 atom stereocenters. The van der Waals surface area contributed by atoms with Gasteiger partial charge in [0, 0.05) is 0 Å². The molecule has 418 valence electrons. The summed E-state index contributed by atoms with van der Waals surface area (Å²) in [5.74, 6) is 0. The molecule has 10 aromatic carbocycles. The van der Waals surface area contributed by atoms with Crippen LogP contribution in [0.4, 0.5) is 0 Å². The molecule has 10 aromatic rings. The summed E-state index contributed by atoms with van der Waals surface area (Å²) in [6.45, 7) is 31.4. The van der Waals surface area contributed by atoms with E-state index in [-0.39, 0.29) is 34.1 Å². The van der Waals surface area contributed by atoms with Gasteiger partial charge >= 0.3 is 34.1 Å². The normalized spacial score (nSPS) is 10.4. The number of allylic oxidation sites excluding steroid dienone is 2. The van der Waals surface area contributed by atoms with E-state index in [0.717, 1.165) is 0 Å².